The van der Waals surface area contributed by atoms with Crippen LogP contribution < -0.4 is 11.1 Å². The summed E-state index contributed by atoms with van der Waals surface area (Å²) in [6, 6.07) is 0. The largest absolute Gasteiger partial charge is 0.394 e. The molecule has 0 aliphatic carbocycles. The zero-order valence-electron chi connectivity index (χ0n) is 10.7. The second-order valence-electron chi connectivity index (χ2n) is 4.88. The van der Waals surface area contributed by atoms with E-state index in [2.05, 4.69) is 10.3 Å². The van der Waals surface area contributed by atoms with Gasteiger partial charge in [0.05, 0.1) is 31.5 Å². The van der Waals surface area contributed by atoms with Gasteiger partial charge in [-0.3, -0.25) is 4.99 Å². The molecule has 2 saturated heterocycles. The summed E-state index contributed by atoms with van der Waals surface area (Å²) in [5.41, 5.74) is 5.78. The lowest BCUT2D eigenvalue weighted by Gasteiger charge is -2.12. The number of aliphatic hydroxyl groups is 1. The summed E-state index contributed by atoms with van der Waals surface area (Å²) in [7, 11) is 0. The van der Waals surface area contributed by atoms with Crippen LogP contribution in [0.15, 0.2) is 4.99 Å². The van der Waals surface area contributed by atoms with E-state index < -0.39 is 0 Å². The molecule has 2 aliphatic heterocycles. The molecule has 4 N–H and O–H groups in total. The van der Waals surface area contributed by atoms with E-state index in [9.17, 15) is 0 Å². The van der Waals surface area contributed by atoms with Crippen molar-refractivity contribution in [3.63, 3.8) is 0 Å². The van der Waals surface area contributed by atoms with Crippen LogP contribution in [0.5, 0.6) is 0 Å². The van der Waals surface area contributed by atoms with E-state index in [1.165, 1.54) is 0 Å². The number of aliphatic hydroxyl groups excluding tert-OH is 1. The fraction of sp³-hybridized carbons (Fsp3) is 0.917. The van der Waals surface area contributed by atoms with Crippen molar-refractivity contribution in [2.45, 2.75) is 44.0 Å². The number of nitrogens with zero attached hydrogens (tertiary/aromatic N) is 1. The van der Waals surface area contributed by atoms with Crippen molar-refractivity contribution in [2.24, 2.45) is 10.7 Å². The van der Waals surface area contributed by atoms with Gasteiger partial charge in [-0.25, -0.2) is 0 Å². The SMILES string of the molecule is NC(=NC[C@H]1CC[C@@H](CO)O1)NCC1CCCO1. The molecule has 3 atom stereocenters. The van der Waals surface area contributed by atoms with E-state index in [-0.39, 0.29) is 24.9 Å². The number of nitrogens with one attached hydrogen (secondary N) is 1. The molecule has 2 heterocycles. The minimum atomic E-state index is -0.0220. The van der Waals surface area contributed by atoms with E-state index in [0.29, 0.717) is 12.5 Å². The number of hydrogen-bond acceptors (Lipinski definition) is 4. The summed E-state index contributed by atoms with van der Waals surface area (Å²) in [6.45, 7) is 2.22. The van der Waals surface area contributed by atoms with Crippen LogP contribution in [0.3, 0.4) is 0 Å². The number of rotatable bonds is 5. The molecule has 2 fully saturated rings. The van der Waals surface area contributed by atoms with Crippen molar-refractivity contribution in [2.75, 3.05) is 26.3 Å². The molecule has 6 nitrogen and oxygen atoms in total. The molecular weight excluding hydrogens is 234 g/mol. The van der Waals surface area contributed by atoms with Gasteiger partial charge in [0, 0.05) is 13.2 Å². The van der Waals surface area contributed by atoms with Gasteiger partial charge in [-0.1, -0.05) is 0 Å². The fourth-order valence-corrected chi connectivity index (χ4v) is 2.33. The van der Waals surface area contributed by atoms with Gasteiger partial charge in [-0.05, 0) is 25.7 Å². The lowest BCUT2D eigenvalue weighted by Crippen LogP contribution is -2.37. The Bertz CT molecular complexity index is 280. The standard InChI is InChI=1S/C12H23N3O3/c13-12(14-6-9-2-1-5-17-9)15-7-10-3-4-11(8-16)18-10/h9-11,16H,1-8H2,(H3,13,14,15)/t9?,10-,11+/m1/s1. The van der Waals surface area contributed by atoms with Crippen LogP contribution in [0.25, 0.3) is 0 Å². The Morgan fingerprint density at radius 2 is 2.11 bits per heavy atom. The van der Waals surface area contributed by atoms with Crippen LogP contribution >= 0.6 is 0 Å². The molecule has 2 rings (SSSR count). The van der Waals surface area contributed by atoms with E-state index in [1.807, 2.05) is 0 Å². The van der Waals surface area contributed by atoms with Crippen LogP contribution in [0.1, 0.15) is 25.7 Å². The number of aliphatic imine (C=N–C) groups is 1. The smallest absolute Gasteiger partial charge is 0.188 e. The van der Waals surface area contributed by atoms with Crippen LogP contribution in [0.4, 0.5) is 0 Å². The topological polar surface area (TPSA) is 89.1 Å². The number of hydrogen-bond donors (Lipinski definition) is 3. The average Bonchev–Trinajstić information content (AvgIpc) is 3.04. The Balaban J connectivity index is 1.62. The maximum Gasteiger partial charge on any atom is 0.188 e. The Hall–Kier alpha value is -0.850. The Kier molecular flexibility index (Phi) is 5.22. The summed E-state index contributed by atoms with van der Waals surface area (Å²) in [5.74, 6) is 0.446. The highest BCUT2D eigenvalue weighted by Crippen LogP contribution is 2.19. The van der Waals surface area contributed by atoms with E-state index in [4.69, 9.17) is 20.3 Å². The predicted octanol–water partition coefficient (Wildman–Crippen LogP) is -0.390. The number of guanidine groups is 1. The molecule has 104 valence electrons. The number of nitrogens with two attached hydrogens (primary N) is 1. The second kappa shape index (κ2) is 6.92. The van der Waals surface area contributed by atoms with Crippen LogP contribution in [0, 0.1) is 0 Å². The minimum Gasteiger partial charge on any atom is -0.394 e. The van der Waals surface area contributed by atoms with Crippen LogP contribution in [-0.4, -0.2) is 55.7 Å². The maximum absolute atomic E-state index is 8.95. The van der Waals surface area contributed by atoms with E-state index in [1.54, 1.807) is 0 Å². The zero-order valence-corrected chi connectivity index (χ0v) is 10.7. The maximum atomic E-state index is 8.95. The number of ether oxygens (including phenoxy) is 2. The van der Waals surface area contributed by atoms with Gasteiger partial charge in [0.2, 0.25) is 0 Å². The van der Waals surface area contributed by atoms with Gasteiger partial charge in [-0.2, -0.15) is 0 Å². The lowest BCUT2D eigenvalue weighted by molar-refractivity contribution is 0.0160. The first kappa shape index (κ1) is 13.6. The van der Waals surface area contributed by atoms with Gasteiger partial charge in [-0.15, -0.1) is 0 Å². The Morgan fingerprint density at radius 3 is 2.78 bits per heavy atom. The quantitative estimate of drug-likeness (QED) is 0.461. The molecule has 0 aromatic heterocycles. The molecule has 0 spiro atoms. The van der Waals surface area contributed by atoms with Gasteiger partial charge in [0.1, 0.15) is 0 Å². The highest BCUT2D eigenvalue weighted by atomic mass is 16.5. The first-order valence-corrected chi connectivity index (χ1v) is 6.69. The summed E-state index contributed by atoms with van der Waals surface area (Å²) in [5, 5.41) is 12.0. The van der Waals surface area contributed by atoms with Crippen molar-refractivity contribution in [1.82, 2.24) is 5.32 Å². The molecule has 0 aromatic carbocycles. The molecule has 6 heteroatoms. The van der Waals surface area contributed by atoms with Gasteiger partial charge in [0.25, 0.3) is 0 Å². The third-order valence-electron chi connectivity index (χ3n) is 3.40. The molecule has 0 radical (unpaired) electrons. The molecule has 0 amide bonds. The average molecular weight is 257 g/mol. The van der Waals surface area contributed by atoms with E-state index >= 15 is 0 Å². The van der Waals surface area contributed by atoms with Crippen molar-refractivity contribution in [3.05, 3.63) is 0 Å². The van der Waals surface area contributed by atoms with Gasteiger partial charge in [0.15, 0.2) is 5.96 Å². The molecule has 18 heavy (non-hydrogen) atoms. The van der Waals surface area contributed by atoms with Crippen molar-refractivity contribution in [1.29, 1.82) is 0 Å². The first-order valence-electron chi connectivity index (χ1n) is 6.69. The molecule has 0 saturated carbocycles. The van der Waals surface area contributed by atoms with Gasteiger partial charge < -0.3 is 25.6 Å². The Labute approximate surface area is 108 Å². The third-order valence-corrected chi connectivity index (χ3v) is 3.40. The highest BCUT2D eigenvalue weighted by molar-refractivity contribution is 5.77. The van der Waals surface area contributed by atoms with E-state index in [0.717, 1.165) is 38.8 Å². The molecular formula is C12H23N3O3. The van der Waals surface area contributed by atoms with Crippen molar-refractivity contribution in [3.8, 4) is 0 Å². The lowest BCUT2D eigenvalue weighted by atomic mass is 10.2. The zero-order chi connectivity index (χ0) is 12.8. The fourth-order valence-electron chi connectivity index (χ4n) is 2.33. The summed E-state index contributed by atoms with van der Waals surface area (Å²) < 4.78 is 11.1. The predicted molar refractivity (Wildman–Crippen MR) is 68.4 cm³/mol. The van der Waals surface area contributed by atoms with Crippen LogP contribution in [-0.2, 0) is 9.47 Å². The van der Waals surface area contributed by atoms with Crippen LogP contribution in [0.2, 0.25) is 0 Å². The third kappa shape index (κ3) is 4.12. The molecule has 2 aliphatic rings. The normalized spacial score (nSPS) is 32.9. The second-order valence-corrected chi connectivity index (χ2v) is 4.88. The summed E-state index contributed by atoms with van der Waals surface area (Å²) in [6.07, 6.45) is 4.39. The molecule has 0 aromatic rings. The summed E-state index contributed by atoms with van der Waals surface area (Å²) >= 11 is 0. The molecule has 1 unspecified atom stereocenters. The van der Waals surface area contributed by atoms with Gasteiger partial charge >= 0.3 is 0 Å². The first-order chi connectivity index (χ1) is 8.78. The van der Waals surface area contributed by atoms with Crippen molar-refractivity contribution < 1.29 is 14.6 Å². The minimum absolute atomic E-state index is 0.0220. The Morgan fingerprint density at radius 1 is 1.28 bits per heavy atom. The monoisotopic (exact) mass is 257 g/mol. The van der Waals surface area contributed by atoms with Crippen molar-refractivity contribution >= 4 is 5.96 Å². The summed E-state index contributed by atoms with van der Waals surface area (Å²) in [4.78, 5) is 4.26. The highest BCUT2D eigenvalue weighted by Gasteiger charge is 2.24. The molecule has 0 bridgehead atoms.